The maximum absolute atomic E-state index is 12.2. The molecule has 2 heterocycles. The fourth-order valence-corrected chi connectivity index (χ4v) is 2.54. The minimum Gasteiger partial charge on any atom is -0.334 e. The van der Waals surface area contributed by atoms with E-state index in [1.807, 2.05) is 0 Å². The van der Waals surface area contributed by atoms with Crippen LogP contribution in [0.3, 0.4) is 0 Å². The Balaban J connectivity index is 1.56. The first-order valence-electron chi connectivity index (χ1n) is 7.50. The second-order valence-corrected chi connectivity index (χ2v) is 5.60. The van der Waals surface area contributed by atoms with Gasteiger partial charge in [-0.2, -0.15) is 4.80 Å². The van der Waals surface area contributed by atoms with E-state index in [1.54, 1.807) is 19.2 Å². The highest BCUT2D eigenvalue weighted by atomic mass is 16.6. The zero-order chi connectivity index (χ0) is 18.0. The van der Waals surface area contributed by atoms with Gasteiger partial charge in [-0.3, -0.25) is 19.8 Å². The third-order valence-corrected chi connectivity index (χ3v) is 3.82. The molecule has 0 aliphatic carbocycles. The van der Waals surface area contributed by atoms with Gasteiger partial charge in [-0.05, 0) is 10.8 Å². The van der Waals surface area contributed by atoms with Gasteiger partial charge in [-0.1, -0.05) is 12.1 Å². The molecule has 1 aromatic heterocycles. The van der Waals surface area contributed by atoms with Gasteiger partial charge in [0.1, 0.15) is 0 Å². The number of nitrogens with zero attached hydrogens (tertiary/aromatic N) is 6. The number of imide groups is 1. The second-order valence-electron chi connectivity index (χ2n) is 5.60. The number of hydrogen-bond acceptors (Lipinski definition) is 7. The Kier molecular flexibility index (Phi) is 4.37. The average Bonchev–Trinajstić information content (AvgIpc) is 2.97. The van der Waals surface area contributed by atoms with E-state index < -0.39 is 11.0 Å². The summed E-state index contributed by atoms with van der Waals surface area (Å²) in [6.07, 6.45) is 0.605. The van der Waals surface area contributed by atoms with E-state index in [0.717, 1.165) is 4.90 Å². The third-order valence-electron chi connectivity index (χ3n) is 3.82. The van der Waals surface area contributed by atoms with Crippen LogP contribution in [0.5, 0.6) is 0 Å². The molecule has 11 nitrogen and oxygen atoms in total. The minimum atomic E-state index is -0.511. The van der Waals surface area contributed by atoms with E-state index in [-0.39, 0.29) is 30.6 Å². The summed E-state index contributed by atoms with van der Waals surface area (Å²) in [5.74, 6) is 0.197. The molecule has 1 N–H and O–H groups in total. The first kappa shape index (κ1) is 16.5. The van der Waals surface area contributed by atoms with Crippen LogP contribution in [-0.2, 0) is 24.8 Å². The highest BCUT2D eigenvalue weighted by molar-refractivity contribution is 5.99. The van der Waals surface area contributed by atoms with Crippen LogP contribution >= 0.6 is 0 Å². The Morgan fingerprint density at radius 2 is 2.12 bits per heavy atom. The molecule has 1 atom stereocenters. The molecule has 0 bridgehead atoms. The largest absolute Gasteiger partial charge is 0.334 e. The Morgan fingerprint density at radius 3 is 2.68 bits per heavy atom. The standard InChI is InChI=1S/C14H15N7O4/c1-19-17-12(16-18-19)6-11-7-13(22)20(11)14(23)15-8-9-2-4-10(5-3-9)21(24)25/h2-5,11H,6-8H2,1H3,(H,15,23)/t11-/m0/s1. The van der Waals surface area contributed by atoms with E-state index in [2.05, 4.69) is 20.7 Å². The number of tetrazole rings is 1. The van der Waals surface area contributed by atoms with Gasteiger partial charge in [-0.25, -0.2) is 4.79 Å². The molecule has 2 aromatic rings. The van der Waals surface area contributed by atoms with Crippen LogP contribution in [-0.4, -0.2) is 48.0 Å². The summed E-state index contributed by atoms with van der Waals surface area (Å²) >= 11 is 0. The van der Waals surface area contributed by atoms with Crippen molar-refractivity contribution in [3.05, 3.63) is 45.8 Å². The van der Waals surface area contributed by atoms with Crippen LogP contribution in [0.1, 0.15) is 17.8 Å². The van der Waals surface area contributed by atoms with Crippen LogP contribution in [0.4, 0.5) is 10.5 Å². The van der Waals surface area contributed by atoms with E-state index in [0.29, 0.717) is 17.8 Å². The number of nitrogens with one attached hydrogen (secondary N) is 1. The molecule has 1 aliphatic rings. The van der Waals surface area contributed by atoms with Crippen LogP contribution in [0.2, 0.25) is 0 Å². The summed E-state index contributed by atoms with van der Waals surface area (Å²) in [5.41, 5.74) is 0.670. The van der Waals surface area contributed by atoms with Crippen molar-refractivity contribution in [1.82, 2.24) is 30.4 Å². The summed E-state index contributed by atoms with van der Waals surface area (Å²) in [4.78, 5) is 36.5. The van der Waals surface area contributed by atoms with E-state index in [1.165, 1.54) is 16.9 Å². The molecule has 3 rings (SSSR count). The quantitative estimate of drug-likeness (QED) is 0.463. The zero-order valence-corrected chi connectivity index (χ0v) is 13.3. The number of carbonyl (C=O) groups is 2. The summed E-state index contributed by atoms with van der Waals surface area (Å²) in [7, 11) is 1.64. The summed E-state index contributed by atoms with van der Waals surface area (Å²) < 4.78 is 0. The molecule has 0 spiro atoms. The van der Waals surface area contributed by atoms with Crippen molar-refractivity contribution in [3.8, 4) is 0 Å². The molecule has 130 valence electrons. The molecule has 1 aromatic carbocycles. The highest BCUT2D eigenvalue weighted by Gasteiger charge is 2.41. The van der Waals surface area contributed by atoms with Crippen molar-refractivity contribution in [3.63, 3.8) is 0 Å². The van der Waals surface area contributed by atoms with Crippen molar-refractivity contribution in [2.75, 3.05) is 0 Å². The molecule has 1 fully saturated rings. The number of rotatable bonds is 5. The molecule has 0 unspecified atom stereocenters. The summed E-state index contributed by atoms with van der Waals surface area (Å²) in [6.45, 7) is 0.163. The summed E-state index contributed by atoms with van der Waals surface area (Å²) in [5, 5.41) is 24.9. The number of carbonyl (C=O) groups excluding carboxylic acids is 2. The molecule has 0 saturated carbocycles. The first-order valence-corrected chi connectivity index (χ1v) is 7.50. The third kappa shape index (κ3) is 3.59. The van der Waals surface area contributed by atoms with Gasteiger partial charge in [0.2, 0.25) is 5.91 Å². The average molecular weight is 345 g/mol. The number of nitro groups is 1. The van der Waals surface area contributed by atoms with Crippen molar-refractivity contribution in [1.29, 1.82) is 0 Å². The predicted octanol–water partition coefficient (Wildman–Crippen LogP) is 0.171. The number of benzene rings is 1. The lowest BCUT2D eigenvalue weighted by atomic mass is 9.99. The minimum absolute atomic E-state index is 0.0236. The van der Waals surface area contributed by atoms with Crippen molar-refractivity contribution in [2.24, 2.45) is 7.05 Å². The first-order chi connectivity index (χ1) is 11.9. The predicted molar refractivity (Wildman–Crippen MR) is 83.1 cm³/mol. The molecule has 1 saturated heterocycles. The lowest BCUT2D eigenvalue weighted by Gasteiger charge is -2.37. The normalized spacial score (nSPS) is 16.4. The Hall–Kier alpha value is -3.37. The molecule has 0 radical (unpaired) electrons. The zero-order valence-electron chi connectivity index (χ0n) is 13.3. The van der Waals surface area contributed by atoms with Gasteiger partial charge in [0.05, 0.1) is 18.0 Å². The Morgan fingerprint density at radius 1 is 1.40 bits per heavy atom. The van der Waals surface area contributed by atoms with Gasteiger partial charge in [0, 0.05) is 31.5 Å². The Labute approximate surface area is 141 Å². The number of likely N-dealkylation sites (tertiary alicyclic amines) is 1. The number of aromatic nitrogens is 4. The van der Waals surface area contributed by atoms with Crippen LogP contribution in [0.15, 0.2) is 24.3 Å². The monoisotopic (exact) mass is 345 g/mol. The van der Waals surface area contributed by atoms with Gasteiger partial charge >= 0.3 is 6.03 Å². The molecule has 25 heavy (non-hydrogen) atoms. The topological polar surface area (TPSA) is 136 Å². The number of amides is 3. The number of nitro benzene ring substituents is 1. The SMILES string of the molecule is Cn1nnc(C[C@H]2CC(=O)N2C(=O)NCc2ccc([N+](=O)[O-])cc2)n1. The molecule has 11 heteroatoms. The molecular formula is C14H15N7O4. The highest BCUT2D eigenvalue weighted by Crippen LogP contribution is 2.22. The molecule has 3 amide bonds. The van der Waals surface area contributed by atoms with Gasteiger partial charge in [0.25, 0.3) is 5.69 Å². The molecule has 1 aliphatic heterocycles. The van der Waals surface area contributed by atoms with Gasteiger partial charge in [-0.15, -0.1) is 10.2 Å². The molecular weight excluding hydrogens is 330 g/mol. The van der Waals surface area contributed by atoms with Crippen LogP contribution in [0.25, 0.3) is 0 Å². The van der Waals surface area contributed by atoms with Crippen LogP contribution < -0.4 is 5.32 Å². The maximum Gasteiger partial charge on any atom is 0.324 e. The maximum atomic E-state index is 12.2. The van der Waals surface area contributed by atoms with Crippen molar-refractivity contribution >= 4 is 17.6 Å². The number of hydrogen-bond donors (Lipinski definition) is 1. The van der Waals surface area contributed by atoms with Crippen molar-refractivity contribution in [2.45, 2.75) is 25.4 Å². The smallest absolute Gasteiger partial charge is 0.324 e. The number of urea groups is 1. The van der Waals surface area contributed by atoms with E-state index in [9.17, 15) is 19.7 Å². The fraction of sp³-hybridized carbons (Fsp3) is 0.357. The number of β-lactam (4-membered cyclic amide) rings is 1. The second kappa shape index (κ2) is 6.63. The summed E-state index contributed by atoms with van der Waals surface area (Å²) in [6, 6.07) is 5.02. The van der Waals surface area contributed by atoms with E-state index in [4.69, 9.17) is 0 Å². The van der Waals surface area contributed by atoms with Gasteiger partial charge in [0.15, 0.2) is 5.82 Å². The number of aryl methyl sites for hydroxylation is 1. The fourth-order valence-electron chi connectivity index (χ4n) is 2.54. The van der Waals surface area contributed by atoms with Crippen LogP contribution in [0, 0.1) is 10.1 Å². The van der Waals surface area contributed by atoms with Crippen molar-refractivity contribution < 1.29 is 14.5 Å². The van der Waals surface area contributed by atoms with E-state index >= 15 is 0 Å². The lowest BCUT2D eigenvalue weighted by Crippen LogP contribution is -2.59. The Bertz CT molecular complexity index is 817. The lowest BCUT2D eigenvalue weighted by molar-refractivity contribution is -0.384. The number of non-ortho nitro benzene ring substituents is 1. The van der Waals surface area contributed by atoms with Gasteiger partial charge < -0.3 is 5.32 Å².